The molecular formula is C23H23N6NaO4S. The molecule has 176 valence electrons. The van der Waals surface area contributed by atoms with Crippen LogP contribution in [0.25, 0.3) is 11.1 Å². The molecule has 0 saturated carbocycles. The summed E-state index contributed by atoms with van der Waals surface area (Å²) in [5.74, 6) is 0. The van der Waals surface area contributed by atoms with Crippen LogP contribution in [0, 0.1) is 11.3 Å². The molecule has 0 unspecified atom stereocenters. The van der Waals surface area contributed by atoms with Gasteiger partial charge >= 0.3 is 35.6 Å². The maximum atomic E-state index is 12.8. The first-order valence-electron chi connectivity index (χ1n) is 10.6. The first-order chi connectivity index (χ1) is 16.2. The zero-order valence-corrected chi connectivity index (χ0v) is 19.4. The number of sulfonamides is 1. The Kier molecular flexibility index (Phi) is 8.12. The standard InChI is InChI=1S/C23H22N6O4S.Na.H/c1-14(2)29-13-20(26-12-21(29)30)34(32,33)28-23(31)27-22-18-5-3-4-15(18)6-7-19(22)16-8-9-25-17(10-16)11-24;;/h6-10,12-14H,3-5H2,1-2H3,(H2,27,28,31);;. The molecule has 0 saturated heterocycles. The predicted octanol–water partition coefficient (Wildman–Crippen LogP) is 2.11. The number of benzene rings is 1. The molecular weight excluding hydrogens is 479 g/mol. The molecule has 2 heterocycles. The average Bonchev–Trinajstić information content (AvgIpc) is 3.28. The summed E-state index contributed by atoms with van der Waals surface area (Å²) in [5.41, 5.74) is 3.58. The number of rotatable bonds is 5. The zero-order chi connectivity index (χ0) is 24.5. The molecule has 1 aromatic carbocycles. The Morgan fingerprint density at radius 2 is 1.97 bits per heavy atom. The second kappa shape index (κ2) is 10.7. The van der Waals surface area contributed by atoms with Crippen molar-refractivity contribution in [3.8, 4) is 17.2 Å². The second-order valence-corrected chi connectivity index (χ2v) is 9.77. The topological polar surface area (TPSA) is 147 Å². The molecule has 2 aromatic heterocycles. The van der Waals surface area contributed by atoms with E-state index in [9.17, 15) is 23.3 Å². The average molecular weight is 503 g/mol. The van der Waals surface area contributed by atoms with Gasteiger partial charge < -0.3 is 9.88 Å². The fourth-order valence-corrected chi connectivity index (χ4v) is 4.81. The van der Waals surface area contributed by atoms with E-state index < -0.39 is 26.6 Å². The van der Waals surface area contributed by atoms with Gasteiger partial charge in [0.15, 0.2) is 5.03 Å². The number of fused-ring (bicyclic) bond motifs is 1. The number of anilines is 1. The van der Waals surface area contributed by atoms with Gasteiger partial charge in [-0.05, 0) is 61.9 Å². The number of carbonyl (C=O) groups excluding carboxylic acids is 1. The maximum absolute atomic E-state index is 12.8. The summed E-state index contributed by atoms with van der Waals surface area (Å²) in [7, 11) is -4.34. The van der Waals surface area contributed by atoms with Gasteiger partial charge in [-0.15, -0.1) is 0 Å². The van der Waals surface area contributed by atoms with Crippen molar-refractivity contribution >= 4 is 51.3 Å². The van der Waals surface area contributed by atoms with Crippen LogP contribution in [0.3, 0.4) is 0 Å². The summed E-state index contributed by atoms with van der Waals surface area (Å²) in [5, 5.41) is 11.4. The molecule has 10 nitrogen and oxygen atoms in total. The van der Waals surface area contributed by atoms with Crippen LogP contribution in [0.15, 0.2) is 52.7 Å². The van der Waals surface area contributed by atoms with Crippen molar-refractivity contribution in [2.24, 2.45) is 0 Å². The van der Waals surface area contributed by atoms with Gasteiger partial charge in [-0.25, -0.2) is 19.5 Å². The summed E-state index contributed by atoms with van der Waals surface area (Å²) >= 11 is 0. The number of nitrogens with one attached hydrogen (secondary N) is 2. The first kappa shape index (κ1) is 26.6. The van der Waals surface area contributed by atoms with E-state index in [1.807, 2.05) is 22.9 Å². The van der Waals surface area contributed by atoms with E-state index in [-0.39, 0.29) is 41.3 Å². The third-order valence-electron chi connectivity index (χ3n) is 5.57. The van der Waals surface area contributed by atoms with E-state index in [0.29, 0.717) is 16.8 Å². The van der Waals surface area contributed by atoms with Gasteiger partial charge in [-0.1, -0.05) is 12.1 Å². The molecule has 0 radical (unpaired) electrons. The summed E-state index contributed by atoms with van der Waals surface area (Å²) in [4.78, 5) is 32.4. The second-order valence-electron chi connectivity index (χ2n) is 8.15. The van der Waals surface area contributed by atoms with Crippen molar-refractivity contribution in [3.05, 3.63) is 70.0 Å². The Morgan fingerprint density at radius 1 is 1.20 bits per heavy atom. The van der Waals surface area contributed by atoms with Gasteiger partial charge in [0.25, 0.3) is 15.6 Å². The van der Waals surface area contributed by atoms with Crippen LogP contribution in [0.1, 0.15) is 43.1 Å². The zero-order valence-electron chi connectivity index (χ0n) is 18.6. The number of nitriles is 1. The third kappa shape index (κ3) is 5.62. The minimum atomic E-state index is -4.34. The number of aryl methyl sites for hydroxylation is 1. The third-order valence-corrected chi connectivity index (χ3v) is 6.79. The molecule has 0 fully saturated rings. The Labute approximate surface area is 224 Å². The van der Waals surface area contributed by atoms with E-state index >= 15 is 0 Å². The number of carbonyl (C=O) groups is 1. The van der Waals surface area contributed by atoms with E-state index in [0.717, 1.165) is 42.8 Å². The fraction of sp³-hybridized carbons (Fsp3) is 0.261. The summed E-state index contributed by atoms with van der Waals surface area (Å²) in [6.45, 7) is 3.46. The molecule has 0 aliphatic heterocycles. The number of urea groups is 1. The van der Waals surface area contributed by atoms with Gasteiger partial charge in [-0.2, -0.15) is 13.7 Å². The van der Waals surface area contributed by atoms with Gasteiger partial charge in [0.05, 0.1) is 11.9 Å². The van der Waals surface area contributed by atoms with E-state index in [1.165, 1.54) is 10.8 Å². The van der Waals surface area contributed by atoms with E-state index in [1.54, 1.807) is 26.0 Å². The van der Waals surface area contributed by atoms with Gasteiger partial charge in [0, 0.05) is 24.0 Å². The number of hydrogen-bond donors (Lipinski definition) is 2. The van der Waals surface area contributed by atoms with Crippen LogP contribution in [-0.4, -0.2) is 58.5 Å². The normalized spacial score (nSPS) is 12.4. The van der Waals surface area contributed by atoms with Crippen molar-refractivity contribution < 1.29 is 13.2 Å². The molecule has 0 bridgehead atoms. The molecule has 2 N–H and O–H groups in total. The SMILES string of the molecule is CC(C)n1cc(S(=O)(=O)NC(=O)Nc2c(-c3ccnc(C#N)c3)ccc3c2CCC3)ncc1=O.[NaH]. The van der Waals surface area contributed by atoms with E-state index in [4.69, 9.17) is 0 Å². The summed E-state index contributed by atoms with van der Waals surface area (Å²) in [6, 6.07) is 7.89. The quantitative estimate of drug-likeness (QED) is 0.508. The molecule has 1 aliphatic carbocycles. The van der Waals surface area contributed by atoms with Gasteiger partial charge in [0.1, 0.15) is 11.8 Å². The molecule has 3 aromatic rings. The van der Waals surface area contributed by atoms with Crippen molar-refractivity contribution in [1.82, 2.24) is 19.3 Å². The first-order valence-corrected chi connectivity index (χ1v) is 12.1. The Bertz CT molecular complexity index is 1490. The number of nitrogens with zero attached hydrogens (tertiary/aromatic N) is 4. The van der Waals surface area contributed by atoms with Crippen LogP contribution in [0.2, 0.25) is 0 Å². The fourth-order valence-electron chi connectivity index (χ4n) is 3.97. The Morgan fingerprint density at radius 3 is 2.69 bits per heavy atom. The number of pyridine rings is 1. The number of amides is 2. The van der Waals surface area contributed by atoms with Crippen LogP contribution in [0.4, 0.5) is 10.5 Å². The molecule has 0 atom stereocenters. The summed E-state index contributed by atoms with van der Waals surface area (Å²) < 4.78 is 28.8. The number of aromatic nitrogens is 3. The Hall–Kier alpha value is -3.04. The molecule has 12 heteroatoms. The van der Waals surface area contributed by atoms with Gasteiger partial charge in [-0.3, -0.25) is 4.79 Å². The van der Waals surface area contributed by atoms with Crippen molar-refractivity contribution in [1.29, 1.82) is 5.26 Å². The molecule has 35 heavy (non-hydrogen) atoms. The molecule has 0 spiro atoms. The van der Waals surface area contributed by atoms with Gasteiger partial charge in [0.2, 0.25) is 0 Å². The molecule has 2 amide bonds. The predicted molar refractivity (Wildman–Crippen MR) is 132 cm³/mol. The molecule has 4 rings (SSSR count). The van der Waals surface area contributed by atoms with Crippen molar-refractivity contribution in [2.75, 3.05) is 5.32 Å². The monoisotopic (exact) mass is 502 g/mol. The Balaban J connectivity index is 0.00000342. The van der Waals surface area contributed by atoms with Crippen LogP contribution >= 0.6 is 0 Å². The molecule has 1 aliphatic rings. The van der Waals surface area contributed by atoms with Crippen LogP contribution in [0.5, 0.6) is 0 Å². The van der Waals surface area contributed by atoms with Crippen LogP contribution < -0.4 is 15.6 Å². The summed E-state index contributed by atoms with van der Waals surface area (Å²) in [6.07, 6.45) is 6.01. The van der Waals surface area contributed by atoms with Crippen LogP contribution in [-0.2, 0) is 22.9 Å². The minimum absolute atomic E-state index is 0. The number of hydrogen-bond acceptors (Lipinski definition) is 7. The van der Waals surface area contributed by atoms with Crippen molar-refractivity contribution in [2.45, 2.75) is 44.2 Å². The van der Waals surface area contributed by atoms with Crippen molar-refractivity contribution in [3.63, 3.8) is 0 Å². The van der Waals surface area contributed by atoms with E-state index in [2.05, 4.69) is 15.3 Å².